The molecule has 124 valence electrons. The van der Waals surface area contributed by atoms with Crippen LogP contribution in [-0.2, 0) is 27.8 Å². The third-order valence-electron chi connectivity index (χ3n) is 3.67. The Bertz CT molecular complexity index is 760. The number of carbonyl (C=O) groups excluding carboxylic acids is 1. The SMILES string of the molecule is O=C(Cc1cccs1)NCc1ccc(S(=O)(=O)N2CCCC2)s1. The molecule has 1 fully saturated rings. The number of nitrogens with one attached hydrogen (secondary N) is 1. The highest BCUT2D eigenvalue weighted by molar-refractivity contribution is 7.91. The van der Waals surface area contributed by atoms with Gasteiger partial charge in [-0.2, -0.15) is 4.31 Å². The summed E-state index contributed by atoms with van der Waals surface area (Å²) >= 11 is 2.79. The van der Waals surface area contributed by atoms with E-state index in [1.165, 1.54) is 15.6 Å². The highest BCUT2D eigenvalue weighted by Gasteiger charge is 2.28. The summed E-state index contributed by atoms with van der Waals surface area (Å²) in [6, 6.07) is 7.26. The molecule has 0 saturated carbocycles. The van der Waals surface area contributed by atoms with Gasteiger partial charge in [0.25, 0.3) is 10.0 Å². The number of carbonyl (C=O) groups is 1. The molecule has 1 aliphatic rings. The zero-order valence-corrected chi connectivity index (χ0v) is 15.0. The average Bonchev–Trinajstić information content (AvgIpc) is 3.26. The molecular weight excluding hydrogens is 352 g/mol. The van der Waals surface area contributed by atoms with Crippen LogP contribution in [0.4, 0.5) is 0 Å². The van der Waals surface area contributed by atoms with Gasteiger partial charge in [0.05, 0.1) is 13.0 Å². The van der Waals surface area contributed by atoms with Crippen LogP contribution in [0.2, 0.25) is 0 Å². The Labute approximate surface area is 144 Å². The lowest BCUT2D eigenvalue weighted by Gasteiger charge is -2.13. The molecule has 0 unspecified atom stereocenters. The van der Waals surface area contributed by atoms with E-state index in [0.29, 0.717) is 30.3 Å². The van der Waals surface area contributed by atoms with Crippen molar-refractivity contribution in [1.82, 2.24) is 9.62 Å². The first-order chi connectivity index (χ1) is 11.1. The molecule has 23 heavy (non-hydrogen) atoms. The molecule has 0 aliphatic carbocycles. The van der Waals surface area contributed by atoms with Crippen molar-refractivity contribution in [2.45, 2.75) is 30.0 Å². The fraction of sp³-hybridized carbons (Fsp3) is 0.400. The van der Waals surface area contributed by atoms with Crippen molar-refractivity contribution < 1.29 is 13.2 Å². The second-order valence-corrected chi connectivity index (χ2v) is 9.73. The van der Waals surface area contributed by atoms with Crippen LogP contribution in [0.5, 0.6) is 0 Å². The first-order valence-electron chi connectivity index (χ1n) is 7.43. The minimum Gasteiger partial charge on any atom is -0.351 e. The van der Waals surface area contributed by atoms with Crippen LogP contribution in [0.1, 0.15) is 22.6 Å². The van der Waals surface area contributed by atoms with Gasteiger partial charge in [0.15, 0.2) is 0 Å². The van der Waals surface area contributed by atoms with E-state index in [2.05, 4.69) is 5.32 Å². The number of nitrogens with zero attached hydrogens (tertiary/aromatic N) is 1. The lowest BCUT2D eigenvalue weighted by atomic mass is 10.3. The molecule has 3 heterocycles. The van der Waals surface area contributed by atoms with Gasteiger partial charge < -0.3 is 5.32 Å². The van der Waals surface area contributed by atoms with Crippen LogP contribution in [0, 0.1) is 0 Å². The van der Waals surface area contributed by atoms with Gasteiger partial charge in [-0.15, -0.1) is 22.7 Å². The zero-order chi connectivity index (χ0) is 16.3. The van der Waals surface area contributed by atoms with E-state index >= 15 is 0 Å². The lowest BCUT2D eigenvalue weighted by Crippen LogP contribution is -2.27. The first kappa shape index (κ1) is 16.6. The van der Waals surface area contributed by atoms with Gasteiger partial charge in [-0.3, -0.25) is 4.79 Å². The molecule has 8 heteroatoms. The van der Waals surface area contributed by atoms with E-state index < -0.39 is 10.0 Å². The molecule has 0 spiro atoms. The highest BCUT2D eigenvalue weighted by Crippen LogP contribution is 2.27. The molecule has 1 N–H and O–H groups in total. The molecule has 1 aliphatic heterocycles. The van der Waals surface area contributed by atoms with Crippen molar-refractivity contribution >= 4 is 38.6 Å². The van der Waals surface area contributed by atoms with E-state index in [4.69, 9.17) is 0 Å². The number of sulfonamides is 1. The topological polar surface area (TPSA) is 66.5 Å². The summed E-state index contributed by atoms with van der Waals surface area (Å²) in [7, 11) is -3.36. The van der Waals surface area contributed by atoms with E-state index in [-0.39, 0.29) is 5.91 Å². The fourth-order valence-corrected chi connectivity index (χ4v) is 6.14. The van der Waals surface area contributed by atoms with E-state index in [1.807, 2.05) is 17.5 Å². The predicted octanol–water partition coefficient (Wildman–Crippen LogP) is 2.45. The van der Waals surface area contributed by atoms with Crippen molar-refractivity contribution in [2.24, 2.45) is 0 Å². The number of thiophene rings is 2. The van der Waals surface area contributed by atoms with Crippen LogP contribution in [0.25, 0.3) is 0 Å². The fourth-order valence-electron chi connectivity index (χ4n) is 2.47. The van der Waals surface area contributed by atoms with Gasteiger partial charge in [-0.1, -0.05) is 6.07 Å². The predicted molar refractivity (Wildman–Crippen MR) is 92.2 cm³/mol. The quantitative estimate of drug-likeness (QED) is 0.849. The van der Waals surface area contributed by atoms with E-state index in [1.54, 1.807) is 23.5 Å². The lowest BCUT2D eigenvalue weighted by molar-refractivity contribution is -0.120. The maximum absolute atomic E-state index is 12.4. The van der Waals surface area contributed by atoms with Crippen LogP contribution < -0.4 is 5.32 Å². The highest BCUT2D eigenvalue weighted by atomic mass is 32.2. The maximum Gasteiger partial charge on any atom is 0.252 e. The van der Waals surface area contributed by atoms with Gasteiger partial charge in [0, 0.05) is 22.8 Å². The van der Waals surface area contributed by atoms with Gasteiger partial charge in [0.2, 0.25) is 5.91 Å². The van der Waals surface area contributed by atoms with Crippen molar-refractivity contribution in [3.63, 3.8) is 0 Å². The van der Waals surface area contributed by atoms with Crippen LogP contribution in [0.3, 0.4) is 0 Å². The number of hydrogen-bond donors (Lipinski definition) is 1. The van der Waals surface area contributed by atoms with Crippen molar-refractivity contribution in [3.05, 3.63) is 39.4 Å². The standard InChI is InChI=1S/C15H18N2O3S3/c18-14(10-12-4-3-9-21-12)16-11-13-5-6-15(22-13)23(19,20)17-7-1-2-8-17/h3-6,9H,1-2,7-8,10-11H2,(H,16,18). The average molecular weight is 371 g/mol. The largest absolute Gasteiger partial charge is 0.351 e. The van der Waals surface area contributed by atoms with Gasteiger partial charge in [-0.25, -0.2) is 8.42 Å². The summed E-state index contributed by atoms with van der Waals surface area (Å²) in [6.07, 6.45) is 2.22. The molecule has 2 aromatic rings. The molecule has 0 atom stereocenters. The summed E-state index contributed by atoms with van der Waals surface area (Å²) in [5, 5.41) is 4.78. The monoisotopic (exact) mass is 370 g/mol. The van der Waals surface area contributed by atoms with Crippen LogP contribution >= 0.6 is 22.7 Å². The Kier molecular flexibility index (Phi) is 5.15. The summed E-state index contributed by atoms with van der Waals surface area (Å²) in [6.45, 7) is 1.57. The zero-order valence-electron chi connectivity index (χ0n) is 12.5. The van der Waals surface area contributed by atoms with E-state index in [9.17, 15) is 13.2 Å². The smallest absolute Gasteiger partial charge is 0.252 e. The number of hydrogen-bond acceptors (Lipinski definition) is 5. The molecule has 0 bridgehead atoms. The normalized spacial score (nSPS) is 15.8. The Morgan fingerprint density at radius 3 is 2.65 bits per heavy atom. The summed E-state index contributed by atoms with van der Waals surface area (Å²) < 4.78 is 26.8. The number of rotatable bonds is 6. The third kappa shape index (κ3) is 4.00. The maximum atomic E-state index is 12.4. The molecule has 1 amide bonds. The molecule has 5 nitrogen and oxygen atoms in total. The first-order valence-corrected chi connectivity index (χ1v) is 10.6. The Morgan fingerprint density at radius 2 is 1.96 bits per heavy atom. The molecule has 3 rings (SSSR count). The molecular formula is C15H18N2O3S3. The molecule has 2 aromatic heterocycles. The molecule has 0 radical (unpaired) electrons. The van der Waals surface area contributed by atoms with Crippen LogP contribution in [0.15, 0.2) is 33.9 Å². The minimum atomic E-state index is -3.36. The minimum absolute atomic E-state index is 0.0511. The van der Waals surface area contributed by atoms with Crippen LogP contribution in [-0.4, -0.2) is 31.7 Å². The second kappa shape index (κ2) is 7.12. The van der Waals surface area contributed by atoms with Gasteiger partial charge in [-0.05, 0) is 36.4 Å². The second-order valence-electron chi connectivity index (χ2n) is 5.36. The summed E-state index contributed by atoms with van der Waals surface area (Å²) in [5.74, 6) is -0.0511. The van der Waals surface area contributed by atoms with Gasteiger partial charge in [0.1, 0.15) is 4.21 Å². The third-order valence-corrected chi connectivity index (χ3v) is 8.00. The van der Waals surface area contributed by atoms with Crippen molar-refractivity contribution in [1.29, 1.82) is 0 Å². The molecule has 1 saturated heterocycles. The number of amides is 1. The van der Waals surface area contributed by atoms with Gasteiger partial charge >= 0.3 is 0 Å². The Balaban J connectivity index is 1.58. The Hall–Kier alpha value is -1.22. The summed E-state index contributed by atoms with van der Waals surface area (Å²) in [5.41, 5.74) is 0. The van der Waals surface area contributed by atoms with Crippen molar-refractivity contribution in [2.75, 3.05) is 13.1 Å². The van der Waals surface area contributed by atoms with Crippen molar-refractivity contribution in [3.8, 4) is 0 Å². The molecule has 0 aromatic carbocycles. The summed E-state index contributed by atoms with van der Waals surface area (Å²) in [4.78, 5) is 13.7. The van der Waals surface area contributed by atoms with E-state index in [0.717, 1.165) is 22.6 Å². The Morgan fingerprint density at radius 1 is 1.17 bits per heavy atom.